The second-order valence-electron chi connectivity index (χ2n) is 3.93. The van der Waals surface area contributed by atoms with Crippen molar-refractivity contribution in [2.75, 3.05) is 0 Å². The van der Waals surface area contributed by atoms with Crippen molar-refractivity contribution >= 4 is 62.4 Å². The molecule has 0 bridgehead atoms. The maximum absolute atomic E-state index is 11.3. The quantitative estimate of drug-likeness (QED) is 0.570. The van der Waals surface area contributed by atoms with E-state index in [2.05, 4.69) is 0 Å². The van der Waals surface area contributed by atoms with E-state index in [9.17, 15) is 18.0 Å². The third-order valence-electron chi connectivity index (χ3n) is 2.72. The van der Waals surface area contributed by atoms with Crippen molar-refractivity contribution in [3.8, 4) is 0 Å². The summed E-state index contributed by atoms with van der Waals surface area (Å²) in [6, 6.07) is 6.73. The number of carboxylic acids is 2. The Morgan fingerprint density at radius 3 is 1.95 bits per heavy atom. The first-order valence-electron chi connectivity index (χ1n) is 5.23. The van der Waals surface area contributed by atoms with Crippen LogP contribution in [0, 0.1) is 0 Å². The number of hydrogen-bond donors (Lipinski definition) is 3. The molecule has 0 heterocycles. The summed E-state index contributed by atoms with van der Waals surface area (Å²) in [5.41, 5.74) is -1.64. The third-order valence-corrected chi connectivity index (χ3v) is 3.60. The minimum Gasteiger partial charge on any atom is -0.478 e. The van der Waals surface area contributed by atoms with Gasteiger partial charge in [0.2, 0.25) is 0 Å². The Kier molecular flexibility index (Phi) is 5.13. The van der Waals surface area contributed by atoms with Crippen LogP contribution in [0.2, 0.25) is 0 Å². The zero-order chi connectivity index (χ0) is 15.1. The molecule has 0 amide bonds. The van der Waals surface area contributed by atoms with Crippen molar-refractivity contribution in [2.45, 2.75) is 4.90 Å². The van der Waals surface area contributed by atoms with E-state index in [4.69, 9.17) is 14.8 Å². The Labute approximate surface area is 141 Å². The SMILES string of the molecule is O=C(O)c1c(S(=O)(=O)O)cc2ccccc2c1C(=O)O.[Na]. The Hall–Kier alpha value is -1.45. The largest absolute Gasteiger partial charge is 0.478 e. The molecule has 7 nitrogen and oxygen atoms in total. The normalized spacial score (nSPS) is 10.9. The van der Waals surface area contributed by atoms with Crippen LogP contribution in [0.25, 0.3) is 10.8 Å². The smallest absolute Gasteiger partial charge is 0.338 e. The van der Waals surface area contributed by atoms with E-state index >= 15 is 0 Å². The van der Waals surface area contributed by atoms with Crippen LogP contribution in [0.5, 0.6) is 0 Å². The predicted molar refractivity (Wildman–Crippen MR) is 73.4 cm³/mol. The first-order valence-corrected chi connectivity index (χ1v) is 6.67. The molecule has 105 valence electrons. The molecule has 0 aliphatic heterocycles. The minimum atomic E-state index is -4.87. The van der Waals surface area contributed by atoms with Gasteiger partial charge in [-0.1, -0.05) is 24.3 Å². The van der Waals surface area contributed by atoms with Crippen LogP contribution >= 0.6 is 0 Å². The van der Waals surface area contributed by atoms with Crippen molar-refractivity contribution in [3.63, 3.8) is 0 Å². The average Bonchev–Trinajstić information content (AvgIpc) is 2.34. The van der Waals surface area contributed by atoms with Crippen molar-refractivity contribution in [1.82, 2.24) is 0 Å². The summed E-state index contributed by atoms with van der Waals surface area (Å²) in [7, 11) is -4.87. The number of rotatable bonds is 3. The van der Waals surface area contributed by atoms with Crippen molar-refractivity contribution in [1.29, 1.82) is 0 Å². The van der Waals surface area contributed by atoms with Gasteiger partial charge in [-0.2, -0.15) is 8.42 Å². The van der Waals surface area contributed by atoms with Crippen LogP contribution in [-0.2, 0) is 10.1 Å². The summed E-state index contributed by atoms with van der Waals surface area (Å²) in [6.45, 7) is 0. The van der Waals surface area contributed by atoms with Crippen LogP contribution in [0.4, 0.5) is 0 Å². The molecule has 1 radical (unpaired) electrons. The standard InChI is InChI=1S/C12H8O7S.Na/c13-11(14)9-7-4-2-1-3-6(7)5-8(20(17,18)19)10(9)12(15)16;/h1-5H,(H,13,14)(H,15,16)(H,17,18,19);. The summed E-state index contributed by atoms with van der Waals surface area (Å²) in [4.78, 5) is 21.5. The molecule has 0 atom stereocenters. The molecule has 0 saturated heterocycles. The summed E-state index contributed by atoms with van der Waals surface area (Å²) < 4.78 is 31.7. The number of aromatic carboxylic acids is 2. The number of benzene rings is 2. The van der Waals surface area contributed by atoms with Gasteiger partial charge in [-0.05, 0) is 16.8 Å². The molecule has 0 unspecified atom stereocenters. The minimum absolute atomic E-state index is 0. The maximum atomic E-state index is 11.3. The van der Waals surface area contributed by atoms with Crippen LogP contribution in [0.3, 0.4) is 0 Å². The molecule has 0 aliphatic carbocycles. The van der Waals surface area contributed by atoms with Gasteiger partial charge in [0.1, 0.15) is 4.90 Å². The number of hydrogen-bond acceptors (Lipinski definition) is 4. The average molecular weight is 319 g/mol. The van der Waals surface area contributed by atoms with E-state index in [-0.39, 0.29) is 40.3 Å². The zero-order valence-electron chi connectivity index (χ0n) is 10.8. The van der Waals surface area contributed by atoms with Crippen molar-refractivity contribution in [3.05, 3.63) is 41.5 Å². The first kappa shape index (κ1) is 17.6. The molecule has 0 aliphatic rings. The third kappa shape index (κ3) is 3.25. The molecule has 0 aromatic heterocycles. The first-order chi connectivity index (χ1) is 9.23. The van der Waals surface area contributed by atoms with Gasteiger partial charge in [-0.15, -0.1) is 0 Å². The molecular formula is C12H8NaO7S. The number of carbonyl (C=O) groups is 2. The molecule has 0 fully saturated rings. The Bertz CT molecular complexity index is 842. The van der Waals surface area contributed by atoms with Crippen molar-refractivity contribution < 1.29 is 32.8 Å². The maximum Gasteiger partial charge on any atom is 0.338 e. The predicted octanol–water partition coefficient (Wildman–Crippen LogP) is 1.10. The molecule has 21 heavy (non-hydrogen) atoms. The molecular weight excluding hydrogens is 311 g/mol. The molecule has 2 aromatic carbocycles. The van der Waals surface area contributed by atoms with Crippen LogP contribution in [0.1, 0.15) is 20.7 Å². The van der Waals surface area contributed by atoms with E-state index < -0.39 is 38.1 Å². The summed E-state index contributed by atoms with van der Waals surface area (Å²) in [5, 5.41) is 18.5. The summed E-state index contributed by atoms with van der Waals surface area (Å²) >= 11 is 0. The van der Waals surface area contributed by atoms with Crippen molar-refractivity contribution in [2.24, 2.45) is 0 Å². The Morgan fingerprint density at radius 2 is 1.48 bits per heavy atom. The van der Waals surface area contributed by atoms with Crippen LogP contribution in [0.15, 0.2) is 35.2 Å². The topological polar surface area (TPSA) is 129 Å². The summed E-state index contributed by atoms with van der Waals surface area (Å²) in [6.07, 6.45) is 0. The fraction of sp³-hybridized carbons (Fsp3) is 0. The molecule has 3 N–H and O–H groups in total. The second kappa shape index (κ2) is 6.12. The molecule has 0 saturated carbocycles. The monoisotopic (exact) mass is 319 g/mol. The fourth-order valence-corrected chi connectivity index (χ4v) is 2.68. The fourth-order valence-electron chi connectivity index (χ4n) is 1.96. The summed E-state index contributed by atoms with van der Waals surface area (Å²) in [5.74, 6) is -3.34. The Morgan fingerprint density at radius 1 is 0.952 bits per heavy atom. The van der Waals surface area contributed by atoms with Gasteiger partial charge in [0, 0.05) is 29.6 Å². The number of carboxylic acid groups (broad SMARTS) is 2. The van der Waals surface area contributed by atoms with E-state index in [1.54, 1.807) is 0 Å². The van der Waals surface area contributed by atoms with Gasteiger partial charge in [0.25, 0.3) is 10.1 Å². The van der Waals surface area contributed by atoms with Crippen LogP contribution < -0.4 is 0 Å². The van der Waals surface area contributed by atoms with Crippen LogP contribution in [-0.4, -0.2) is 64.7 Å². The van der Waals surface area contributed by atoms with Gasteiger partial charge in [0.05, 0.1) is 11.1 Å². The van der Waals surface area contributed by atoms with E-state index in [1.807, 2.05) is 0 Å². The van der Waals surface area contributed by atoms with E-state index in [0.29, 0.717) is 0 Å². The zero-order valence-corrected chi connectivity index (χ0v) is 13.6. The van der Waals surface area contributed by atoms with E-state index in [1.165, 1.54) is 24.3 Å². The number of fused-ring (bicyclic) bond motifs is 1. The second-order valence-corrected chi connectivity index (χ2v) is 5.32. The van der Waals surface area contributed by atoms with Gasteiger partial charge in [-0.25, -0.2) is 9.59 Å². The van der Waals surface area contributed by atoms with Gasteiger partial charge < -0.3 is 10.2 Å². The van der Waals surface area contributed by atoms with Gasteiger partial charge >= 0.3 is 11.9 Å². The molecule has 9 heteroatoms. The molecule has 2 rings (SSSR count). The van der Waals surface area contributed by atoms with Gasteiger partial charge in [0.15, 0.2) is 0 Å². The molecule has 0 spiro atoms. The van der Waals surface area contributed by atoms with Gasteiger partial charge in [-0.3, -0.25) is 4.55 Å². The van der Waals surface area contributed by atoms with E-state index in [0.717, 1.165) is 6.07 Å². The molecule has 2 aromatic rings. The Balaban J connectivity index is 0.00000220.